The minimum atomic E-state index is -0.343. The van der Waals surface area contributed by atoms with Crippen molar-refractivity contribution in [2.75, 3.05) is 7.11 Å². The Bertz CT molecular complexity index is 546. The molecular formula is C12H15N3O2. The van der Waals surface area contributed by atoms with E-state index in [1.54, 1.807) is 18.2 Å². The molecule has 0 amide bonds. The maximum Gasteiger partial charge on any atom is 0.337 e. The quantitative estimate of drug-likeness (QED) is 0.759. The largest absolute Gasteiger partial charge is 0.465 e. The van der Waals surface area contributed by atoms with E-state index in [0.29, 0.717) is 11.5 Å². The molecule has 2 rings (SSSR count). The molecule has 90 valence electrons. The number of benzene rings is 1. The number of hydrogen-bond donors (Lipinski definition) is 0. The molecule has 1 aromatic heterocycles. The number of fused-ring (bicyclic) bond motifs is 1. The summed E-state index contributed by atoms with van der Waals surface area (Å²) in [7, 11) is 1.37. The highest BCUT2D eigenvalue weighted by molar-refractivity contribution is 5.93. The molecule has 0 radical (unpaired) electrons. The molecule has 1 heterocycles. The van der Waals surface area contributed by atoms with E-state index in [2.05, 4.69) is 24.2 Å². The Kier molecular flexibility index (Phi) is 3.08. The predicted molar refractivity (Wildman–Crippen MR) is 63.7 cm³/mol. The SMILES string of the molecule is COC(=O)c1ccc2nnn(CC(C)C)c2c1. The van der Waals surface area contributed by atoms with Crippen LogP contribution in [-0.2, 0) is 11.3 Å². The van der Waals surface area contributed by atoms with Gasteiger partial charge >= 0.3 is 5.97 Å². The molecule has 0 spiro atoms. The average molecular weight is 233 g/mol. The molecule has 0 aliphatic carbocycles. The van der Waals surface area contributed by atoms with Crippen LogP contribution < -0.4 is 0 Å². The summed E-state index contributed by atoms with van der Waals surface area (Å²) in [5.41, 5.74) is 2.17. The summed E-state index contributed by atoms with van der Waals surface area (Å²) < 4.78 is 6.51. The van der Waals surface area contributed by atoms with Crippen LogP contribution in [0.25, 0.3) is 11.0 Å². The number of ether oxygens (including phenoxy) is 1. The molecule has 0 aliphatic heterocycles. The number of carbonyl (C=O) groups is 1. The Morgan fingerprint density at radius 1 is 1.47 bits per heavy atom. The molecule has 2 aromatic rings. The van der Waals surface area contributed by atoms with E-state index in [-0.39, 0.29) is 5.97 Å². The van der Waals surface area contributed by atoms with Gasteiger partial charge in [-0.05, 0) is 24.1 Å². The Labute approximate surface area is 99.4 Å². The Hall–Kier alpha value is -1.91. The van der Waals surface area contributed by atoms with E-state index >= 15 is 0 Å². The lowest BCUT2D eigenvalue weighted by Crippen LogP contribution is -2.07. The average Bonchev–Trinajstić information content (AvgIpc) is 2.70. The fourth-order valence-corrected chi connectivity index (χ4v) is 1.69. The van der Waals surface area contributed by atoms with Gasteiger partial charge in [-0.1, -0.05) is 19.1 Å². The molecule has 0 N–H and O–H groups in total. The highest BCUT2D eigenvalue weighted by atomic mass is 16.5. The molecular weight excluding hydrogens is 218 g/mol. The zero-order valence-electron chi connectivity index (χ0n) is 10.2. The van der Waals surface area contributed by atoms with E-state index in [1.165, 1.54) is 7.11 Å². The van der Waals surface area contributed by atoms with Crippen molar-refractivity contribution in [2.24, 2.45) is 5.92 Å². The second-order valence-corrected chi connectivity index (χ2v) is 4.36. The summed E-state index contributed by atoms with van der Waals surface area (Å²) >= 11 is 0. The molecule has 0 bridgehead atoms. The third kappa shape index (κ3) is 2.27. The first kappa shape index (κ1) is 11.6. The molecule has 0 unspecified atom stereocenters. The van der Waals surface area contributed by atoms with Gasteiger partial charge in [0.15, 0.2) is 0 Å². The third-order valence-corrected chi connectivity index (χ3v) is 2.47. The van der Waals surface area contributed by atoms with Crippen molar-refractivity contribution >= 4 is 17.0 Å². The normalized spacial score (nSPS) is 11.1. The van der Waals surface area contributed by atoms with E-state index in [0.717, 1.165) is 17.6 Å². The lowest BCUT2D eigenvalue weighted by atomic mass is 10.2. The first-order valence-corrected chi connectivity index (χ1v) is 5.53. The molecule has 0 atom stereocenters. The van der Waals surface area contributed by atoms with Crippen molar-refractivity contribution in [3.63, 3.8) is 0 Å². The molecule has 17 heavy (non-hydrogen) atoms. The van der Waals surface area contributed by atoms with E-state index in [9.17, 15) is 4.79 Å². The predicted octanol–water partition coefficient (Wildman–Crippen LogP) is 1.87. The van der Waals surface area contributed by atoms with E-state index < -0.39 is 0 Å². The summed E-state index contributed by atoms with van der Waals surface area (Å²) in [5, 5.41) is 8.14. The molecule has 0 saturated heterocycles. The van der Waals surface area contributed by atoms with Gasteiger partial charge < -0.3 is 4.74 Å². The number of aromatic nitrogens is 3. The molecule has 0 fully saturated rings. The highest BCUT2D eigenvalue weighted by Gasteiger charge is 2.10. The molecule has 5 heteroatoms. The van der Waals surface area contributed by atoms with Gasteiger partial charge in [-0.3, -0.25) is 0 Å². The van der Waals surface area contributed by atoms with Gasteiger partial charge in [-0.15, -0.1) is 5.10 Å². The van der Waals surface area contributed by atoms with E-state index in [1.807, 2.05) is 4.68 Å². The second kappa shape index (κ2) is 4.53. The maximum absolute atomic E-state index is 11.4. The number of carbonyl (C=O) groups excluding carboxylic acids is 1. The number of methoxy groups -OCH3 is 1. The van der Waals surface area contributed by atoms with Crippen LogP contribution in [-0.4, -0.2) is 28.1 Å². The third-order valence-electron chi connectivity index (χ3n) is 2.47. The van der Waals surface area contributed by atoms with Crippen LogP contribution in [0.15, 0.2) is 18.2 Å². The van der Waals surface area contributed by atoms with Crippen LogP contribution >= 0.6 is 0 Å². The monoisotopic (exact) mass is 233 g/mol. The second-order valence-electron chi connectivity index (χ2n) is 4.36. The van der Waals surface area contributed by atoms with Crippen LogP contribution in [0, 0.1) is 5.92 Å². The van der Waals surface area contributed by atoms with Gasteiger partial charge in [-0.25, -0.2) is 9.48 Å². The summed E-state index contributed by atoms with van der Waals surface area (Å²) in [5.74, 6) is 0.130. The van der Waals surface area contributed by atoms with Crippen molar-refractivity contribution in [2.45, 2.75) is 20.4 Å². The number of rotatable bonds is 3. The zero-order valence-corrected chi connectivity index (χ0v) is 10.2. The van der Waals surface area contributed by atoms with Crippen molar-refractivity contribution in [1.82, 2.24) is 15.0 Å². The fraction of sp³-hybridized carbons (Fsp3) is 0.417. The van der Waals surface area contributed by atoms with Crippen LogP contribution in [0.5, 0.6) is 0 Å². The summed E-state index contributed by atoms with van der Waals surface area (Å²) in [4.78, 5) is 11.4. The number of nitrogens with zero attached hydrogens (tertiary/aromatic N) is 3. The smallest absolute Gasteiger partial charge is 0.337 e. The molecule has 0 saturated carbocycles. The first-order chi connectivity index (χ1) is 8.11. The lowest BCUT2D eigenvalue weighted by Gasteiger charge is -2.05. The Morgan fingerprint density at radius 3 is 2.88 bits per heavy atom. The fourth-order valence-electron chi connectivity index (χ4n) is 1.69. The summed E-state index contributed by atoms with van der Waals surface area (Å²) in [6.07, 6.45) is 0. The number of hydrogen-bond acceptors (Lipinski definition) is 4. The van der Waals surface area contributed by atoms with Gasteiger partial charge in [0.05, 0.1) is 18.2 Å². The minimum absolute atomic E-state index is 0.343. The van der Waals surface area contributed by atoms with Gasteiger partial charge in [-0.2, -0.15) is 0 Å². The minimum Gasteiger partial charge on any atom is -0.465 e. The zero-order chi connectivity index (χ0) is 12.4. The van der Waals surface area contributed by atoms with E-state index in [4.69, 9.17) is 4.74 Å². The van der Waals surface area contributed by atoms with Crippen LogP contribution in [0.2, 0.25) is 0 Å². The van der Waals surface area contributed by atoms with Gasteiger partial charge in [0.1, 0.15) is 5.52 Å². The number of esters is 1. The summed E-state index contributed by atoms with van der Waals surface area (Å²) in [6.45, 7) is 5.00. The van der Waals surface area contributed by atoms with Crippen LogP contribution in [0.1, 0.15) is 24.2 Å². The molecule has 1 aromatic carbocycles. The van der Waals surface area contributed by atoms with Crippen molar-refractivity contribution < 1.29 is 9.53 Å². The van der Waals surface area contributed by atoms with Gasteiger partial charge in [0.25, 0.3) is 0 Å². The van der Waals surface area contributed by atoms with Gasteiger partial charge in [0, 0.05) is 6.54 Å². The van der Waals surface area contributed by atoms with Crippen molar-refractivity contribution in [3.8, 4) is 0 Å². The molecule has 5 nitrogen and oxygen atoms in total. The van der Waals surface area contributed by atoms with Crippen molar-refractivity contribution in [3.05, 3.63) is 23.8 Å². The maximum atomic E-state index is 11.4. The lowest BCUT2D eigenvalue weighted by molar-refractivity contribution is 0.0601. The Balaban J connectivity index is 2.46. The van der Waals surface area contributed by atoms with Crippen molar-refractivity contribution in [1.29, 1.82) is 0 Å². The van der Waals surface area contributed by atoms with Gasteiger partial charge in [0.2, 0.25) is 0 Å². The highest BCUT2D eigenvalue weighted by Crippen LogP contribution is 2.15. The van der Waals surface area contributed by atoms with Crippen LogP contribution in [0.3, 0.4) is 0 Å². The Morgan fingerprint density at radius 2 is 2.24 bits per heavy atom. The molecule has 0 aliphatic rings. The first-order valence-electron chi connectivity index (χ1n) is 5.53. The van der Waals surface area contributed by atoms with Crippen LogP contribution in [0.4, 0.5) is 0 Å². The standard InChI is InChI=1S/C12H15N3O2/c1-8(2)7-15-11-6-9(12(16)17-3)4-5-10(11)13-14-15/h4-6,8H,7H2,1-3H3. The summed E-state index contributed by atoms with van der Waals surface area (Å²) in [6, 6.07) is 5.25. The topological polar surface area (TPSA) is 57.0 Å².